The van der Waals surface area contributed by atoms with Gasteiger partial charge in [0.05, 0.1) is 6.10 Å². The fourth-order valence-electron chi connectivity index (χ4n) is 2.07. The number of aliphatic hydroxyl groups is 1. The molecule has 0 amide bonds. The van der Waals surface area contributed by atoms with E-state index in [1.165, 1.54) is 0 Å². The first-order valence-electron chi connectivity index (χ1n) is 5.62. The molecule has 1 aromatic heterocycles. The molecule has 2 rings (SSSR count). The molecule has 4 heteroatoms. The summed E-state index contributed by atoms with van der Waals surface area (Å²) >= 11 is 1.70. The van der Waals surface area contributed by atoms with Gasteiger partial charge >= 0.3 is 0 Å². The third-order valence-corrected chi connectivity index (χ3v) is 3.79. The molecule has 0 atom stereocenters. The van der Waals surface area contributed by atoms with Gasteiger partial charge < -0.3 is 10.4 Å². The molecule has 3 nitrogen and oxygen atoms in total. The predicted octanol–water partition coefficient (Wildman–Crippen LogP) is 1.78. The Morgan fingerprint density at radius 1 is 1.40 bits per heavy atom. The van der Waals surface area contributed by atoms with Crippen molar-refractivity contribution in [1.29, 1.82) is 0 Å². The summed E-state index contributed by atoms with van der Waals surface area (Å²) in [4.78, 5) is 4.23. The number of nitrogens with one attached hydrogen (secondary N) is 1. The quantitative estimate of drug-likeness (QED) is 0.822. The van der Waals surface area contributed by atoms with Gasteiger partial charge in [0, 0.05) is 18.1 Å². The topological polar surface area (TPSA) is 45.1 Å². The Morgan fingerprint density at radius 3 is 2.87 bits per heavy atom. The summed E-state index contributed by atoms with van der Waals surface area (Å²) < 4.78 is 0. The van der Waals surface area contributed by atoms with Crippen LogP contribution in [0, 0.1) is 5.92 Å². The summed E-state index contributed by atoms with van der Waals surface area (Å²) in [5, 5.41) is 16.0. The van der Waals surface area contributed by atoms with Gasteiger partial charge in [-0.1, -0.05) is 0 Å². The van der Waals surface area contributed by atoms with E-state index in [2.05, 4.69) is 10.3 Å². The van der Waals surface area contributed by atoms with Crippen LogP contribution >= 0.6 is 11.3 Å². The SMILES string of the molecule is OC1CCC(CNCc2nccs2)CC1. The van der Waals surface area contributed by atoms with Gasteiger partial charge in [-0.3, -0.25) is 0 Å². The van der Waals surface area contributed by atoms with E-state index in [-0.39, 0.29) is 6.10 Å². The Hall–Kier alpha value is -0.450. The Kier molecular flexibility index (Phi) is 4.11. The summed E-state index contributed by atoms with van der Waals surface area (Å²) in [6.45, 7) is 1.95. The lowest BCUT2D eigenvalue weighted by molar-refractivity contribution is 0.108. The lowest BCUT2D eigenvalue weighted by Crippen LogP contribution is -2.27. The highest BCUT2D eigenvalue weighted by Crippen LogP contribution is 2.23. The zero-order chi connectivity index (χ0) is 10.5. The van der Waals surface area contributed by atoms with Crippen molar-refractivity contribution in [2.24, 2.45) is 5.92 Å². The van der Waals surface area contributed by atoms with E-state index >= 15 is 0 Å². The molecule has 0 radical (unpaired) electrons. The van der Waals surface area contributed by atoms with Crippen LogP contribution in [0.25, 0.3) is 0 Å². The van der Waals surface area contributed by atoms with Crippen LogP contribution in [-0.4, -0.2) is 22.7 Å². The van der Waals surface area contributed by atoms with E-state index < -0.39 is 0 Å². The van der Waals surface area contributed by atoms with Gasteiger partial charge in [-0.2, -0.15) is 0 Å². The van der Waals surface area contributed by atoms with E-state index in [4.69, 9.17) is 0 Å². The molecule has 0 aromatic carbocycles. The Balaban J connectivity index is 1.62. The molecule has 1 aliphatic rings. The fourth-order valence-corrected chi connectivity index (χ4v) is 2.66. The highest BCUT2D eigenvalue weighted by molar-refractivity contribution is 7.09. The minimum Gasteiger partial charge on any atom is -0.393 e. The maximum absolute atomic E-state index is 9.37. The summed E-state index contributed by atoms with van der Waals surface area (Å²) in [5.41, 5.74) is 0. The normalized spacial score (nSPS) is 26.7. The second-order valence-electron chi connectivity index (χ2n) is 4.23. The van der Waals surface area contributed by atoms with Gasteiger partial charge in [0.25, 0.3) is 0 Å². The number of aromatic nitrogens is 1. The molecule has 1 heterocycles. The third-order valence-electron chi connectivity index (χ3n) is 3.01. The van der Waals surface area contributed by atoms with Crippen LogP contribution in [0.1, 0.15) is 30.7 Å². The van der Waals surface area contributed by atoms with E-state index in [0.29, 0.717) is 0 Å². The zero-order valence-electron chi connectivity index (χ0n) is 8.85. The van der Waals surface area contributed by atoms with Crippen LogP contribution in [0.3, 0.4) is 0 Å². The number of aliphatic hydroxyl groups excluding tert-OH is 1. The largest absolute Gasteiger partial charge is 0.393 e. The molecule has 1 aliphatic carbocycles. The first-order chi connectivity index (χ1) is 7.34. The predicted molar refractivity (Wildman–Crippen MR) is 61.8 cm³/mol. The third kappa shape index (κ3) is 3.55. The average molecular weight is 226 g/mol. The molecular weight excluding hydrogens is 208 g/mol. The second-order valence-corrected chi connectivity index (χ2v) is 5.21. The van der Waals surface area contributed by atoms with E-state index in [0.717, 1.165) is 49.7 Å². The fraction of sp³-hybridized carbons (Fsp3) is 0.727. The Morgan fingerprint density at radius 2 is 2.20 bits per heavy atom. The molecule has 84 valence electrons. The highest BCUT2D eigenvalue weighted by atomic mass is 32.1. The van der Waals surface area contributed by atoms with E-state index in [1.54, 1.807) is 11.3 Å². The monoisotopic (exact) mass is 226 g/mol. The molecule has 15 heavy (non-hydrogen) atoms. The molecule has 0 spiro atoms. The van der Waals surface area contributed by atoms with Gasteiger partial charge in [-0.05, 0) is 38.1 Å². The van der Waals surface area contributed by atoms with Crippen LogP contribution < -0.4 is 5.32 Å². The second kappa shape index (κ2) is 5.58. The van der Waals surface area contributed by atoms with Crippen molar-refractivity contribution in [2.75, 3.05) is 6.54 Å². The molecule has 0 saturated heterocycles. The van der Waals surface area contributed by atoms with Crippen molar-refractivity contribution in [1.82, 2.24) is 10.3 Å². The highest BCUT2D eigenvalue weighted by Gasteiger charge is 2.18. The maximum atomic E-state index is 9.37. The van der Waals surface area contributed by atoms with Crippen molar-refractivity contribution in [3.63, 3.8) is 0 Å². The van der Waals surface area contributed by atoms with Crippen molar-refractivity contribution in [3.8, 4) is 0 Å². The molecular formula is C11H18N2OS. The van der Waals surface area contributed by atoms with Gasteiger partial charge in [-0.15, -0.1) is 11.3 Å². The molecule has 0 aliphatic heterocycles. The Labute approximate surface area is 94.5 Å². The van der Waals surface area contributed by atoms with E-state index in [9.17, 15) is 5.11 Å². The van der Waals surface area contributed by atoms with Crippen LogP contribution in [0.2, 0.25) is 0 Å². The molecule has 1 saturated carbocycles. The van der Waals surface area contributed by atoms with Gasteiger partial charge in [0.2, 0.25) is 0 Å². The van der Waals surface area contributed by atoms with Crippen LogP contribution in [0.5, 0.6) is 0 Å². The van der Waals surface area contributed by atoms with Crippen LogP contribution in [0.15, 0.2) is 11.6 Å². The number of hydrogen-bond acceptors (Lipinski definition) is 4. The van der Waals surface area contributed by atoms with Crippen molar-refractivity contribution < 1.29 is 5.11 Å². The molecule has 1 fully saturated rings. The standard InChI is InChI=1S/C11H18N2OS/c14-10-3-1-9(2-4-10)7-12-8-11-13-5-6-15-11/h5-6,9-10,12,14H,1-4,7-8H2. The molecule has 2 N–H and O–H groups in total. The number of rotatable bonds is 4. The van der Waals surface area contributed by atoms with E-state index in [1.807, 2.05) is 11.6 Å². The smallest absolute Gasteiger partial charge is 0.106 e. The first-order valence-corrected chi connectivity index (χ1v) is 6.49. The first kappa shape index (κ1) is 11.0. The minimum atomic E-state index is -0.0415. The van der Waals surface area contributed by atoms with Crippen LogP contribution in [-0.2, 0) is 6.54 Å². The number of nitrogens with zero attached hydrogens (tertiary/aromatic N) is 1. The van der Waals surface area contributed by atoms with Crippen molar-refractivity contribution >= 4 is 11.3 Å². The van der Waals surface area contributed by atoms with Crippen molar-refractivity contribution in [3.05, 3.63) is 16.6 Å². The molecule has 0 bridgehead atoms. The summed E-state index contributed by atoms with van der Waals surface area (Å²) in [6.07, 6.45) is 6.07. The molecule has 1 aromatic rings. The van der Waals surface area contributed by atoms with Crippen molar-refractivity contribution in [2.45, 2.75) is 38.3 Å². The summed E-state index contributed by atoms with van der Waals surface area (Å²) in [5.74, 6) is 0.744. The van der Waals surface area contributed by atoms with Gasteiger partial charge in [-0.25, -0.2) is 4.98 Å². The summed E-state index contributed by atoms with van der Waals surface area (Å²) in [7, 11) is 0. The van der Waals surface area contributed by atoms with Gasteiger partial charge in [0.1, 0.15) is 5.01 Å². The lowest BCUT2D eigenvalue weighted by Gasteiger charge is -2.25. The maximum Gasteiger partial charge on any atom is 0.106 e. The number of thiazole rings is 1. The van der Waals surface area contributed by atoms with Gasteiger partial charge in [0.15, 0.2) is 0 Å². The Bertz CT molecular complexity index is 268. The zero-order valence-corrected chi connectivity index (χ0v) is 9.67. The average Bonchev–Trinajstić information content (AvgIpc) is 2.74. The minimum absolute atomic E-state index is 0.0415. The van der Waals surface area contributed by atoms with Crippen LogP contribution in [0.4, 0.5) is 0 Å². The molecule has 0 unspecified atom stereocenters. The summed E-state index contributed by atoms with van der Waals surface area (Å²) in [6, 6.07) is 0. The lowest BCUT2D eigenvalue weighted by atomic mass is 9.87. The number of hydrogen-bond donors (Lipinski definition) is 2.